The molecule has 3 aliphatic rings. The zero-order valence-corrected chi connectivity index (χ0v) is 14.0. The van der Waals surface area contributed by atoms with Crippen LogP contribution in [0.4, 0.5) is 0 Å². The number of hydrogen-bond acceptors (Lipinski definition) is 4. The third kappa shape index (κ3) is 2.52. The Hall–Kier alpha value is -0.820. The van der Waals surface area contributed by atoms with Crippen LogP contribution in [0.5, 0.6) is 5.75 Å². The van der Waals surface area contributed by atoms with Crippen LogP contribution in [0.25, 0.3) is 0 Å². The summed E-state index contributed by atoms with van der Waals surface area (Å²) in [4.78, 5) is 0.422. The number of halogens is 1. The maximum atomic E-state index is 13.1. The number of ether oxygens (including phenoxy) is 1. The van der Waals surface area contributed by atoms with Crippen LogP contribution in [0, 0.1) is 0 Å². The second kappa shape index (κ2) is 6.00. The first kappa shape index (κ1) is 16.1. The lowest BCUT2D eigenvalue weighted by Gasteiger charge is -2.27. The highest BCUT2D eigenvalue weighted by atomic mass is 35.5. The highest BCUT2D eigenvalue weighted by molar-refractivity contribution is 7.89. The molecule has 7 heteroatoms. The molecular weight excluding hydrogens is 324 g/mol. The summed E-state index contributed by atoms with van der Waals surface area (Å²) in [6.07, 6.45) is 3.65. The SMILES string of the molecule is Cl.O=S(=O)(c1ccc2c(c1)CCO2)N1C2CCNCC1CC2. The van der Waals surface area contributed by atoms with Crippen LogP contribution in [0.3, 0.4) is 0 Å². The number of rotatable bonds is 2. The first-order chi connectivity index (χ1) is 10.2. The van der Waals surface area contributed by atoms with Crippen LogP contribution in [-0.2, 0) is 16.4 Å². The number of hydrogen-bond donors (Lipinski definition) is 1. The predicted octanol–water partition coefficient (Wildman–Crippen LogP) is 1.56. The lowest BCUT2D eigenvalue weighted by molar-refractivity contribution is 0.334. The van der Waals surface area contributed by atoms with Crippen molar-refractivity contribution in [3.63, 3.8) is 0 Å². The quantitative estimate of drug-likeness (QED) is 0.884. The number of nitrogens with zero attached hydrogens (tertiary/aromatic N) is 1. The van der Waals surface area contributed by atoms with E-state index in [-0.39, 0.29) is 24.5 Å². The van der Waals surface area contributed by atoms with Crippen molar-refractivity contribution in [2.75, 3.05) is 19.7 Å². The van der Waals surface area contributed by atoms with Gasteiger partial charge in [-0.05, 0) is 49.6 Å². The summed E-state index contributed by atoms with van der Waals surface area (Å²) >= 11 is 0. The standard InChI is InChI=1S/C15H20N2O3S.ClH/c18-21(19,14-3-4-15-11(9-14)6-8-20-15)17-12-1-2-13(17)10-16-7-5-12;/h3-4,9,12-13,16H,1-2,5-8,10H2;1H. The van der Waals surface area contributed by atoms with E-state index in [1.54, 1.807) is 22.5 Å². The minimum atomic E-state index is -3.41. The van der Waals surface area contributed by atoms with E-state index in [2.05, 4.69) is 5.32 Å². The molecule has 0 aliphatic carbocycles. The zero-order chi connectivity index (χ0) is 14.4. The van der Waals surface area contributed by atoms with Gasteiger partial charge in [0.25, 0.3) is 0 Å². The van der Waals surface area contributed by atoms with Crippen LogP contribution < -0.4 is 10.1 Å². The van der Waals surface area contributed by atoms with Crippen LogP contribution in [-0.4, -0.2) is 44.5 Å². The fraction of sp³-hybridized carbons (Fsp3) is 0.600. The molecule has 2 atom stereocenters. The molecule has 122 valence electrons. The highest BCUT2D eigenvalue weighted by Gasteiger charge is 2.43. The lowest BCUT2D eigenvalue weighted by Crippen LogP contribution is -2.42. The van der Waals surface area contributed by atoms with E-state index in [9.17, 15) is 8.42 Å². The lowest BCUT2D eigenvalue weighted by atomic mass is 10.1. The van der Waals surface area contributed by atoms with Crippen molar-refractivity contribution in [2.24, 2.45) is 0 Å². The summed E-state index contributed by atoms with van der Waals surface area (Å²) < 4.78 is 33.4. The van der Waals surface area contributed by atoms with Gasteiger partial charge >= 0.3 is 0 Å². The molecule has 4 rings (SSSR count). The van der Waals surface area contributed by atoms with E-state index in [4.69, 9.17) is 4.74 Å². The number of sulfonamides is 1. The van der Waals surface area contributed by atoms with Gasteiger partial charge in [0.15, 0.2) is 0 Å². The zero-order valence-electron chi connectivity index (χ0n) is 12.3. The van der Waals surface area contributed by atoms with Crippen molar-refractivity contribution < 1.29 is 13.2 Å². The van der Waals surface area contributed by atoms with E-state index in [1.165, 1.54) is 0 Å². The number of fused-ring (bicyclic) bond motifs is 3. The molecule has 0 aromatic heterocycles. The fourth-order valence-corrected chi connectivity index (χ4v) is 5.73. The molecule has 0 saturated carbocycles. The first-order valence-corrected chi connectivity index (χ1v) is 9.10. The molecule has 0 radical (unpaired) electrons. The average Bonchev–Trinajstić information content (AvgIpc) is 3.01. The average molecular weight is 345 g/mol. The summed E-state index contributed by atoms with van der Waals surface area (Å²) in [5.41, 5.74) is 1.01. The predicted molar refractivity (Wildman–Crippen MR) is 86.2 cm³/mol. The Morgan fingerprint density at radius 2 is 2.00 bits per heavy atom. The number of nitrogens with one attached hydrogen (secondary N) is 1. The van der Waals surface area contributed by atoms with E-state index >= 15 is 0 Å². The Balaban J connectivity index is 0.00000144. The summed E-state index contributed by atoms with van der Waals surface area (Å²) in [6.45, 7) is 2.33. The molecule has 1 N–H and O–H groups in total. The molecule has 5 nitrogen and oxygen atoms in total. The topological polar surface area (TPSA) is 58.6 Å². The molecule has 0 spiro atoms. The summed E-state index contributed by atoms with van der Waals surface area (Å²) in [5, 5.41) is 3.35. The maximum Gasteiger partial charge on any atom is 0.243 e. The second-order valence-electron chi connectivity index (χ2n) is 6.08. The van der Waals surface area contributed by atoms with Gasteiger partial charge in [0.2, 0.25) is 10.0 Å². The summed E-state index contributed by atoms with van der Waals surface area (Å²) in [7, 11) is -3.41. The van der Waals surface area contributed by atoms with Crippen LogP contribution in [0.2, 0.25) is 0 Å². The van der Waals surface area contributed by atoms with E-state index in [0.717, 1.165) is 50.1 Å². The van der Waals surface area contributed by atoms with Crippen molar-refractivity contribution in [2.45, 2.75) is 42.7 Å². The van der Waals surface area contributed by atoms with Gasteiger partial charge in [0.05, 0.1) is 11.5 Å². The maximum absolute atomic E-state index is 13.1. The first-order valence-electron chi connectivity index (χ1n) is 7.66. The Morgan fingerprint density at radius 1 is 1.18 bits per heavy atom. The molecule has 2 unspecified atom stereocenters. The molecule has 3 aliphatic heterocycles. The van der Waals surface area contributed by atoms with Gasteiger partial charge in [-0.25, -0.2) is 8.42 Å². The Kier molecular flexibility index (Phi) is 4.38. The largest absolute Gasteiger partial charge is 0.493 e. The monoisotopic (exact) mass is 344 g/mol. The van der Waals surface area contributed by atoms with Gasteiger partial charge in [-0.15, -0.1) is 12.4 Å². The third-order valence-corrected chi connectivity index (χ3v) is 6.82. The van der Waals surface area contributed by atoms with Crippen molar-refractivity contribution >= 4 is 22.4 Å². The normalized spacial score (nSPS) is 27.6. The van der Waals surface area contributed by atoms with Gasteiger partial charge in [-0.2, -0.15) is 4.31 Å². The Morgan fingerprint density at radius 3 is 2.86 bits per heavy atom. The second-order valence-corrected chi connectivity index (χ2v) is 7.92. The smallest absolute Gasteiger partial charge is 0.243 e. The third-order valence-electron chi connectivity index (χ3n) is 4.82. The molecule has 2 fully saturated rings. The Bertz CT molecular complexity index is 651. The minimum absolute atomic E-state index is 0. The molecule has 2 saturated heterocycles. The Labute approximate surface area is 137 Å². The summed E-state index contributed by atoms with van der Waals surface area (Å²) in [6, 6.07) is 5.55. The molecular formula is C15H21ClN2O3S. The van der Waals surface area contributed by atoms with E-state index in [0.29, 0.717) is 11.5 Å². The molecule has 2 bridgehead atoms. The molecule has 1 aromatic rings. The number of benzene rings is 1. The van der Waals surface area contributed by atoms with Gasteiger partial charge in [0.1, 0.15) is 5.75 Å². The van der Waals surface area contributed by atoms with Crippen LogP contribution in [0.1, 0.15) is 24.8 Å². The van der Waals surface area contributed by atoms with Gasteiger partial charge < -0.3 is 10.1 Å². The van der Waals surface area contributed by atoms with E-state index in [1.807, 2.05) is 0 Å². The molecule has 0 amide bonds. The fourth-order valence-electron chi connectivity index (χ4n) is 3.78. The van der Waals surface area contributed by atoms with Gasteiger partial charge in [-0.3, -0.25) is 0 Å². The summed E-state index contributed by atoms with van der Waals surface area (Å²) in [5.74, 6) is 0.828. The molecule has 22 heavy (non-hydrogen) atoms. The van der Waals surface area contributed by atoms with Gasteiger partial charge in [0, 0.05) is 25.0 Å². The van der Waals surface area contributed by atoms with Gasteiger partial charge in [-0.1, -0.05) is 0 Å². The van der Waals surface area contributed by atoms with Crippen molar-refractivity contribution in [3.8, 4) is 5.75 Å². The van der Waals surface area contributed by atoms with Crippen molar-refractivity contribution in [1.29, 1.82) is 0 Å². The minimum Gasteiger partial charge on any atom is -0.493 e. The van der Waals surface area contributed by atoms with Crippen LogP contribution >= 0.6 is 12.4 Å². The van der Waals surface area contributed by atoms with Crippen molar-refractivity contribution in [3.05, 3.63) is 23.8 Å². The molecule has 1 aromatic carbocycles. The highest BCUT2D eigenvalue weighted by Crippen LogP contribution is 2.35. The van der Waals surface area contributed by atoms with Crippen LogP contribution in [0.15, 0.2) is 23.1 Å². The van der Waals surface area contributed by atoms with Crippen molar-refractivity contribution in [1.82, 2.24) is 9.62 Å². The van der Waals surface area contributed by atoms with E-state index < -0.39 is 10.0 Å². The molecule has 3 heterocycles.